The lowest BCUT2D eigenvalue weighted by molar-refractivity contribution is -0.176. The first-order valence-electron chi connectivity index (χ1n) is 4.99. The number of hydrogen-bond donors (Lipinski definition) is 0. The molecule has 0 aromatic rings. The summed E-state index contributed by atoms with van der Waals surface area (Å²) < 4.78 is 33.7. The highest BCUT2D eigenvalue weighted by Crippen LogP contribution is 2.37. The van der Waals surface area contributed by atoms with Crippen LogP contribution < -0.4 is 0 Å². The zero-order chi connectivity index (χ0) is 10.2. The first kappa shape index (κ1) is 10.4. The van der Waals surface area contributed by atoms with Crippen molar-refractivity contribution in [2.75, 3.05) is 19.5 Å². The topological polar surface area (TPSA) is 52.6 Å². The molecule has 1 aliphatic heterocycles. The molecule has 0 N–H and O–H groups in total. The molecule has 0 unspecified atom stereocenters. The van der Waals surface area contributed by atoms with Gasteiger partial charge >= 0.3 is 0 Å². The lowest BCUT2D eigenvalue weighted by Crippen LogP contribution is -2.39. The van der Waals surface area contributed by atoms with E-state index >= 15 is 0 Å². The van der Waals surface area contributed by atoms with Gasteiger partial charge in [0.15, 0.2) is 5.79 Å². The van der Waals surface area contributed by atoms with Gasteiger partial charge in [-0.1, -0.05) is 0 Å². The quantitative estimate of drug-likeness (QED) is 0.653. The second-order valence-corrected chi connectivity index (χ2v) is 6.46. The molecule has 2 fully saturated rings. The fourth-order valence-electron chi connectivity index (χ4n) is 2.24. The number of sulfone groups is 1. The minimum atomic E-state index is -2.88. The summed E-state index contributed by atoms with van der Waals surface area (Å²) in [6.45, 7) is 1.28. The summed E-state index contributed by atoms with van der Waals surface area (Å²) in [5.41, 5.74) is 0. The first-order valence-corrected chi connectivity index (χ1v) is 6.94. The van der Waals surface area contributed by atoms with Gasteiger partial charge in [-0.15, -0.1) is 0 Å². The highest BCUT2D eigenvalue weighted by atomic mass is 32.2. The third-order valence-corrected chi connectivity index (χ3v) is 4.80. The summed E-state index contributed by atoms with van der Waals surface area (Å²) >= 11 is 0. The van der Waals surface area contributed by atoms with Crippen LogP contribution in [-0.2, 0) is 19.3 Å². The average Bonchev–Trinajstić information content (AvgIpc) is 2.53. The third kappa shape index (κ3) is 1.94. The van der Waals surface area contributed by atoms with Crippen molar-refractivity contribution in [3.8, 4) is 0 Å². The normalized spacial score (nSPS) is 28.4. The van der Waals surface area contributed by atoms with Crippen molar-refractivity contribution in [1.82, 2.24) is 0 Å². The molecule has 1 saturated heterocycles. The minimum Gasteiger partial charge on any atom is -0.348 e. The van der Waals surface area contributed by atoms with Crippen LogP contribution in [0.1, 0.15) is 25.7 Å². The van der Waals surface area contributed by atoms with Gasteiger partial charge in [-0.3, -0.25) is 0 Å². The predicted molar refractivity (Wildman–Crippen MR) is 51.7 cm³/mol. The molecule has 0 radical (unpaired) electrons. The molecule has 0 atom stereocenters. The van der Waals surface area contributed by atoms with E-state index in [0.29, 0.717) is 38.9 Å². The van der Waals surface area contributed by atoms with Crippen LogP contribution in [0.5, 0.6) is 0 Å². The standard InChI is InChI=1S/C9H16O4S/c1-14(10,11)8-2-4-9(5-3-8)12-6-7-13-9/h8H,2-7H2,1H3. The number of ether oxygens (including phenoxy) is 2. The SMILES string of the molecule is CS(=O)(=O)C1CCC2(CC1)OCCO2. The summed E-state index contributed by atoms with van der Waals surface area (Å²) in [5.74, 6) is -0.443. The third-order valence-electron chi connectivity index (χ3n) is 3.11. The summed E-state index contributed by atoms with van der Waals surface area (Å²) in [6, 6.07) is 0. The molecule has 2 aliphatic rings. The van der Waals surface area contributed by atoms with Crippen molar-refractivity contribution in [2.45, 2.75) is 36.7 Å². The second kappa shape index (κ2) is 3.47. The molecule has 4 nitrogen and oxygen atoms in total. The fourth-order valence-corrected chi connectivity index (χ4v) is 3.34. The molecule has 0 aromatic heterocycles. The van der Waals surface area contributed by atoms with E-state index < -0.39 is 15.6 Å². The maximum absolute atomic E-state index is 11.3. The van der Waals surface area contributed by atoms with Gasteiger partial charge in [0, 0.05) is 19.1 Å². The maximum atomic E-state index is 11.3. The maximum Gasteiger partial charge on any atom is 0.168 e. The summed E-state index contributed by atoms with van der Waals surface area (Å²) in [4.78, 5) is 0. The van der Waals surface area contributed by atoms with Gasteiger partial charge in [-0.05, 0) is 12.8 Å². The lowest BCUT2D eigenvalue weighted by Gasteiger charge is -2.34. The molecule has 2 rings (SSSR count). The summed E-state index contributed by atoms with van der Waals surface area (Å²) in [7, 11) is -2.88. The van der Waals surface area contributed by atoms with E-state index in [9.17, 15) is 8.42 Å². The predicted octanol–water partition coefficient (Wildman–Crippen LogP) is 0.717. The van der Waals surface area contributed by atoms with Gasteiger partial charge in [0.2, 0.25) is 0 Å². The van der Waals surface area contributed by atoms with E-state index in [0.717, 1.165) is 0 Å². The van der Waals surface area contributed by atoms with Crippen molar-refractivity contribution in [3.63, 3.8) is 0 Å². The van der Waals surface area contributed by atoms with E-state index in [1.54, 1.807) is 0 Å². The van der Waals surface area contributed by atoms with Gasteiger partial charge in [0.1, 0.15) is 9.84 Å². The Hall–Kier alpha value is -0.130. The Morgan fingerprint density at radius 3 is 2.07 bits per heavy atom. The molecule has 0 bridgehead atoms. The summed E-state index contributed by atoms with van der Waals surface area (Å²) in [5, 5.41) is -0.194. The van der Waals surface area contributed by atoms with Gasteiger partial charge < -0.3 is 9.47 Å². The van der Waals surface area contributed by atoms with E-state index in [4.69, 9.17) is 9.47 Å². The average molecular weight is 220 g/mol. The highest BCUT2D eigenvalue weighted by Gasteiger charge is 2.42. The van der Waals surface area contributed by atoms with Gasteiger partial charge in [-0.25, -0.2) is 8.42 Å². The molecule has 0 aromatic carbocycles. The number of hydrogen-bond acceptors (Lipinski definition) is 4. The zero-order valence-electron chi connectivity index (χ0n) is 8.36. The molecule has 5 heteroatoms. The molecule has 1 spiro atoms. The van der Waals surface area contributed by atoms with E-state index in [1.807, 2.05) is 0 Å². The van der Waals surface area contributed by atoms with Crippen LogP contribution in [0.15, 0.2) is 0 Å². The first-order chi connectivity index (χ1) is 6.52. The fraction of sp³-hybridized carbons (Fsp3) is 1.00. The Morgan fingerprint density at radius 2 is 1.64 bits per heavy atom. The van der Waals surface area contributed by atoms with Crippen LogP contribution in [0.4, 0.5) is 0 Å². The summed E-state index contributed by atoms with van der Waals surface area (Å²) in [6.07, 6.45) is 4.07. The van der Waals surface area contributed by atoms with Crippen molar-refractivity contribution >= 4 is 9.84 Å². The molecular formula is C9H16O4S. The minimum absolute atomic E-state index is 0.194. The van der Waals surface area contributed by atoms with Crippen LogP contribution in [0.2, 0.25) is 0 Å². The molecule has 82 valence electrons. The van der Waals surface area contributed by atoms with Gasteiger partial charge in [-0.2, -0.15) is 0 Å². The Bertz CT molecular complexity index is 293. The smallest absolute Gasteiger partial charge is 0.168 e. The van der Waals surface area contributed by atoms with Crippen molar-refractivity contribution in [3.05, 3.63) is 0 Å². The Labute approximate surface area is 84.5 Å². The van der Waals surface area contributed by atoms with Crippen molar-refractivity contribution < 1.29 is 17.9 Å². The molecule has 14 heavy (non-hydrogen) atoms. The Balaban J connectivity index is 1.98. The second-order valence-electron chi connectivity index (χ2n) is 4.14. The monoisotopic (exact) mass is 220 g/mol. The largest absolute Gasteiger partial charge is 0.348 e. The van der Waals surface area contributed by atoms with E-state index in [-0.39, 0.29) is 5.25 Å². The Kier molecular flexibility index (Phi) is 2.57. The van der Waals surface area contributed by atoms with Crippen LogP contribution in [0.3, 0.4) is 0 Å². The molecule has 1 heterocycles. The number of rotatable bonds is 1. The van der Waals surface area contributed by atoms with E-state index in [1.165, 1.54) is 6.26 Å². The molecule has 1 saturated carbocycles. The van der Waals surface area contributed by atoms with E-state index in [2.05, 4.69) is 0 Å². The molecule has 1 aliphatic carbocycles. The van der Waals surface area contributed by atoms with Crippen LogP contribution in [0, 0.1) is 0 Å². The van der Waals surface area contributed by atoms with Gasteiger partial charge in [0.05, 0.1) is 18.5 Å². The van der Waals surface area contributed by atoms with Crippen LogP contribution in [0.25, 0.3) is 0 Å². The highest BCUT2D eigenvalue weighted by molar-refractivity contribution is 7.91. The Morgan fingerprint density at radius 1 is 1.14 bits per heavy atom. The van der Waals surface area contributed by atoms with Crippen molar-refractivity contribution in [1.29, 1.82) is 0 Å². The zero-order valence-corrected chi connectivity index (χ0v) is 9.18. The lowest BCUT2D eigenvalue weighted by atomic mass is 9.94. The van der Waals surface area contributed by atoms with Crippen LogP contribution >= 0.6 is 0 Å². The molecule has 0 amide bonds. The van der Waals surface area contributed by atoms with Crippen LogP contribution in [-0.4, -0.2) is 38.9 Å². The van der Waals surface area contributed by atoms with Crippen molar-refractivity contribution in [2.24, 2.45) is 0 Å². The molecular weight excluding hydrogens is 204 g/mol. The van der Waals surface area contributed by atoms with Gasteiger partial charge in [0.25, 0.3) is 0 Å².